The third-order valence-electron chi connectivity index (χ3n) is 3.18. The van der Waals surface area contributed by atoms with Gasteiger partial charge in [0.1, 0.15) is 11.0 Å². The number of hydrogen-bond acceptors (Lipinski definition) is 2. The van der Waals surface area contributed by atoms with E-state index in [2.05, 4.69) is 38.3 Å². The van der Waals surface area contributed by atoms with Crippen LogP contribution < -0.4 is 0 Å². The average Bonchev–Trinajstić information content (AvgIpc) is 2.09. The lowest BCUT2D eigenvalue weighted by Gasteiger charge is -2.37. The molecule has 0 unspecified atom stereocenters. The van der Waals surface area contributed by atoms with Crippen LogP contribution >= 0.6 is 0 Å². The molecule has 3 nitrogen and oxygen atoms in total. The summed E-state index contributed by atoms with van der Waals surface area (Å²) in [5.41, 5.74) is 0. The van der Waals surface area contributed by atoms with Crippen LogP contribution in [0.5, 0.6) is 0 Å². The zero-order valence-corrected chi connectivity index (χ0v) is 15.1. The fraction of sp³-hybridized carbons (Fsp3) is 0.923. The third kappa shape index (κ3) is 5.76. The lowest BCUT2D eigenvalue weighted by atomic mass is 10.2. The van der Waals surface area contributed by atoms with Crippen LogP contribution in [-0.2, 0) is 15.4 Å². The minimum absolute atomic E-state index is 0.0859. The van der Waals surface area contributed by atoms with Gasteiger partial charge in [-0.25, -0.2) is 4.21 Å². The molecular formula is C13H29NO2SSi. The molecule has 108 valence electrons. The maximum absolute atomic E-state index is 11.8. The summed E-state index contributed by atoms with van der Waals surface area (Å²) in [6.45, 7) is 18.7. The molecule has 0 aliphatic carbocycles. The molecule has 5 heteroatoms. The molecule has 2 atom stereocenters. The minimum atomic E-state index is -1.78. The Morgan fingerprint density at radius 2 is 1.61 bits per heavy atom. The van der Waals surface area contributed by atoms with Crippen molar-refractivity contribution < 1.29 is 8.63 Å². The van der Waals surface area contributed by atoms with E-state index in [1.165, 1.54) is 0 Å². The van der Waals surface area contributed by atoms with E-state index < -0.39 is 19.3 Å². The Labute approximate surface area is 116 Å². The highest BCUT2D eigenvalue weighted by atomic mass is 32.2. The van der Waals surface area contributed by atoms with Crippen LogP contribution in [0.4, 0.5) is 0 Å². The van der Waals surface area contributed by atoms with Gasteiger partial charge in [0.25, 0.3) is 0 Å². The minimum Gasteiger partial charge on any atom is -0.409 e. The van der Waals surface area contributed by atoms with E-state index in [1.807, 2.05) is 27.7 Å². The fourth-order valence-corrected chi connectivity index (χ4v) is 2.91. The maximum Gasteiger partial charge on any atom is 0.192 e. The molecule has 18 heavy (non-hydrogen) atoms. The molecule has 0 amide bonds. The van der Waals surface area contributed by atoms with E-state index in [0.717, 1.165) is 0 Å². The third-order valence-corrected chi connectivity index (χ3v) is 9.11. The molecule has 0 saturated heterocycles. The van der Waals surface area contributed by atoms with Gasteiger partial charge in [-0.05, 0) is 45.8 Å². The van der Waals surface area contributed by atoms with Crippen molar-refractivity contribution in [1.82, 2.24) is 0 Å². The van der Waals surface area contributed by atoms with Crippen molar-refractivity contribution in [2.45, 2.75) is 77.4 Å². The van der Waals surface area contributed by atoms with Crippen LogP contribution in [-0.4, -0.2) is 29.6 Å². The summed E-state index contributed by atoms with van der Waals surface area (Å²) in [6, 6.07) is 0. The largest absolute Gasteiger partial charge is 0.409 e. The monoisotopic (exact) mass is 291 g/mol. The summed E-state index contributed by atoms with van der Waals surface area (Å²) < 4.78 is 21.7. The van der Waals surface area contributed by atoms with Gasteiger partial charge in [-0.15, -0.1) is 0 Å². The highest BCUT2D eigenvalue weighted by Crippen LogP contribution is 2.37. The predicted octanol–water partition coefficient (Wildman–Crippen LogP) is 3.93. The zero-order chi connectivity index (χ0) is 14.8. The highest BCUT2D eigenvalue weighted by molar-refractivity contribution is 7.85. The first-order valence-corrected chi connectivity index (χ1v) is 10.4. The van der Waals surface area contributed by atoms with Gasteiger partial charge in [0.2, 0.25) is 0 Å². The predicted molar refractivity (Wildman–Crippen MR) is 84.1 cm³/mol. The Morgan fingerprint density at radius 3 is 1.94 bits per heavy atom. The van der Waals surface area contributed by atoms with E-state index in [-0.39, 0.29) is 15.9 Å². The molecule has 0 radical (unpaired) electrons. The summed E-state index contributed by atoms with van der Waals surface area (Å²) in [7, 11) is -2.98. The molecule has 0 aromatic heterocycles. The van der Waals surface area contributed by atoms with E-state index in [4.69, 9.17) is 4.43 Å². The Hall–Kier alpha value is -0.00312. The van der Waals surface area contributed by atoms with E-state index in [9.17, 15) is 4.21 Å². The van der Waals surface area contributed by atoms with Gasteiger partial charge in [0, 0.05) is 6.21 Å². The van der Waals surface area contributed by atoms with Crippen LogP contribution in [0.2, 0.25) is 18.1 Å². The van der Waals surface area contributed by atoms with Crippen molar-refractivity contribution in [3.8, 4) is 0 Å². The van der Waals surface area contributed by atoms with Crippen LogP contribution in [0.1, 0.15) is 48.5 Å². The summed E-state index contributed by atoms with van der Waals surface area (Å²) in [5.74, 6) is 0. The molecule has 0 saturated carbocycles. The standard InChI is InChI=1S/C13H29NO2SSi/c1-11(10-14-17(15)12(2,3)4)16-18(8,9)13(5,6)7/h10-11H,1-9H3/b14-10+/t11-,17+/m1/s1. The Morgan fingerprint density at radius 1 is 1.17 bits per heavy atom. The second-order valence-electron chi connectivity index (χ2n) is 7.20. The second kappa shape index (κ2) is 5.97. The van der Waals surface area contributed by atoms with Crippen LogP contribution in [0, 0.1) is 0 Å². The van der Waals surface area contributed by atoms with Crippen molar-refractivity contribution in [2.75, 3.05) is 0 Å². The van der Waals surface area contributed by atoms with Crippen molar-refractivity contribution in [3.05, 3.63) is 0 Å². The SMILES string of the molecule is C[C@H](/C=N/[S@@](=O)C(C)(C)C)O[Si](C)(C)C(C)(C)C. The molecule has 0 spiro atoms. The molecule has 0 bridgehead atoms. The van der Waals surface area contributed by atoms with Crippen LogP contribution in [0.3, 0.4) is 0 Å². The van der Waals surface area contributed by atoms with E-state index in [1.54, 1.807) is 6.21 Å². The Kier molecular flexibility index (Phi) is 5.97. The lowest BCUT2D eigenvalue weighted by molar-refractivity contribution is 0.264. The van der Waals surface area contributed by atoms with Crippen molar-refractivity contribution in [1.29, 1.82) is 0 Å². The zero-order valence-electron chi connectivity index (χ0n) is 13.3. The smallest absolute Gasteiger partial charge is 0.192 e. The fourth-order valence-electron chi connectivity index (χ4n) is 0.971. The molecule has 0 fully saturated rings. The van der Waals surface area contributed by atoms with Gasteiger partial charge in [-0.2, -0.15) is 4.40 Å². The first kappa shape index (κ1) is 18.0. The quantitative estimate of drug-likeness (QED) is 0.581. The van der Waals surface area contributed by atoms with Crippen molar-refractivity contribution in [2.24, 2.45) is 4.40 Å². The number of hydrogen-bond donors (Lipinski definition) is 0. The van der Waals surface area contributed by atoms with E-state index >= 15 is 0 Å². The van der Waals surface area contributed by atoms with Gasteiger partial charge in [-0.3, -0.25) is 0 Å². The van der Waals surface area contributed by atoms with Crippen molar-refractivity contribution >= 4 is 25.5 Å². The molecule has 0 heterocycles. The van der Waals surface area contributed by atoms with Crippen LogP contribution in [0.25, 0.3) is 0 Å². The first-order chi connectivity index (χ1) is 7.77. The lowest BCUT2D eigenvalue weighted by Crippen LogP contribution is -2.43. The van der Waals surface area contributed by atoms with Gasteiger partial charge >= 0.3 is 0 Å². The van der Waals surface area contributed by atoms with Gasteiger partial charge in [-0.1, -0.05) is 20.8 Å². The molecule has 0 aromatic rings. The number of rotatable bonds is 4. The average molecular weight is 292 g/mol. The Bertz CT molecular complexity index is 327. The first-order valence-electron chi connectivity index (χ1n) is 6.41. The summed E-state index contributed by atoms with van der Waals surface area (Å²) in [4.78, 5) is 0. The van der Waals surface area contributed by atoms with Gasteiger partial charge in [0.15, 0.2) is 8.32 Å². The highest BCUT2D eigenvalue weighted by Gasteiger charge is 2.38. The maximum atomic E-state index is 11.8. The summed E-state index contributed by atoms with van der Waals surface area (Å²) >= 11 is 0. The molecule has 0 N–H and O–H groups in total. The molecule has 0 aliphatic heterocycles. The normalized spacial score (nSPS) is 18.1. The molecular weight excluding hydrogens is 262 g/mol. The molecule has 0 aromatic carbocycles. The Balaban J connectivity index is 4.59. The number of nitrogens with zero attached hydrogens (tertiary/aromatic N) is 1. The topological polar surface area (TPSA) is 38.7 Å². The van der Waals surface area contributed by atoms with Gasteiger partial charge in [0.05, 0.1) is 10.9 Å². The molecule has 0 rings (SSSR count). The second-order valence-corrected chi connectivity index (χ2v) is 13.9. The molecule has 0 aliphatic rings. The van der Waals surface area contributed by atoms with E-state index in [0.29, 0.717) is 0 Å². The van der Waals surface area contributed by atoms with Crippen LogP contribution in [0.15, 0.2) is 4.40 Å². The van der Waals surface area contributed by atoms with Crippen molar-refractivity contribution in [3.63, 3.8) is 0 Å². The summed E-state index contributed by atoms with van der Waals surface area (Å²) in [6.07, 6.45) is 1.60. The van der Waals surface area contributed by atoms with Gasteiger partial charge < -0.3 is 4.43 Å². The summed E-state index contributed by atoms with van der Waals surface area (Å²) in [5, 5.41) is 0.179.